The van der Waals surface area contributed by atoms with E-state index >= 15 is 0 Å². The van der Waals surface area contributed by atoms with E-state index < -0.39 is 28.3 Å². The Morgan fingerprint density at radius 1 is 1.10 bits per heavy atom. The number of hydrogen-bond donors (Lipinski definition) is 1. The van der Waals surface area contributed by atoms with Crippen molar-refractivity contribution in [3.05, 3.63) is 63.6 Å². The molecule has 0 saturated heterocycles. The molecule has 0 aliphatic rings. The number of carbonyl (C=O) groups is 2. The Labute approximate surface area is 192 Å². The van der Waals surface area contributed by atoms with Gasteiger partial charge in [0.2, 0.25) is 0 Å². The predicted octanol–water partition coefficient (Wildman–Crippen LogP) is 4.64. The average molecular weight is 486 g/mol. The van der Waals surface area contributed by atoms with Crippen LogP contribution in [0.5, 0.6) is 0 Å². The fourth-order valence-corrected chi connectivity index (χ4v) is 4.75. The second-order valence-corrected chi connectivity index (χ2v) is 10.0. The molecule has 1 N–H and O–H groups in total. The van der Waals surface area contributed by atoms with Crippen LogP contribution in [-0.2, 0) is 19.4 Å². The number of benzene rings is 2. The molecule has 31 heavy (non-hydrogen) atoms. The zero-order chi connectivity index (χ0) is 23.0. The number of carbonyl (C=O) groups excluding carboxylic acids is 2. The Balaban J connectivity index is 1.99. The van der Waals surface area contributed by atoms with E-state index in [4.69, 9.17) is 27.9 Å². The van der Waals surface area contributed by atoms with Gasteiger partial charge < -0.3 is 10.1 Å². The van der Waals surface area contributed by atoms with Crippen LogP contribution >= 0.6 is 23.2 Å². The first-order valence-corrected chi connectivity index (χ1v) is 12.3. The third-order valence-corrected chi connectivity index (χ3v) is 7.09. The molecule has 0 spiro atoms. The molecule has 0 bridgehead atoms. The molecule has 1 unspecified atom stereocenters. The van der Waals surface area contributed by atoms with Gasteiger partial charge in [-0.15, -0.1) is 0 Å². The fourth-order valence-electron chi connectivity index (χ4n) is 3.11. The maximum atomic E-state index is 12.4. The molecule has 2 rings (SSSR count). The Morgan fingerprint density at radius 2 is 1.81 bits per heavy atom. The van der Waals surface area contributed by atoms with Gasteiger partial charge >= 0.3 is 5.97 Å². The summed E-state index contributed by atoms with van der Waals surface area (Å²) < 4.78 is 29.4. The minimum atomic E-state index is -3.60. The summed E-state index contributed by atoms with van der Waals surface area (Å²) in [5.41, 5.74) is 0.790. The lowest BCUT2D eigenvalue weighted by Crippen LogP contribution is -2.32. The van der Waals surface area contributed by atoms with Gasteiger partial charge in [0.05, 0.1) is 16.2 Å². The summed E-state index contributed by atoms with van der Waals surface area (Å²) in [4.78, 5) is 24.5. The third kappa shape index (κ3) is 6.95. The van der Waals surface area contributed by atoms with E-state index in [0.29, 0.717) is 16.6 Å². The fraction of sp³-hybridized carbons (Fsp3) is 0.364. The highest BCUT2D eigenvalue weighted by atomic mass is 35.5. The Bertz CT molecular complexity index is 1040. The van der Waals surface area contributed by atoms with Crippen molar-refractivity contribution in [1.29, 1.82) is 0 Å². The molecule has 0 radical (unpaired) electrons. The molecule has 0 aliphatic heterocycles. The normalized spacial score (nSPS) is 12.3. The molecule has 2 aromatic carbocycles. The summed E-state index contributed by atoms with van der Waals surface area (Å²) in [5.74, 6) is -1.53. The van der Waals surface area contributed by atoms with E-state index in [1.807, 2.05) is 13.0 Å². The van der Waals surface area contributed by atoms with E-state index in [9.17, 15) is 18.0 Å². The number of halogens is 2. The molecule has 0 aliphatic carbocycles. The Kier molecular flexibility index (Phi) is 9.34. The molecule has 0 heterocycles. The van der Waals surface area contributed by atoms with Gasteiger partial charge in [-0.3, -0.25) is 4.79 Å². The zero-order valence-corrected chi connectivity index (χ0v) is 19.7. The Hall–Kier alpha value is -2.09. The highest BCUT2D eigenvalue weighted by Gasteiger charge is 2.22. The number of sulfone groups is 1. The van der Waals surface area contributed by atoms with Gasteiger partial charge in [0, 0.05) is 22.5 Å². The lowest BCUT2D eigenvalue weighted by atomic mass is 9.94. The van der Waals surface area contributed by atoms with Gasteiger partial charge in [-0.25, -0.2) is 13.2 Å². The van der Waals surface area contributed by atoms with Gasteiger partial charge in [0.25, 0.3) is 5.91 Å². The highest BCUT2D eigenvalue weighted by molar-refractivity contribution is 7.91. The number of rotatable bonds is 10. The summed E-state index contributed by atoms with van der Waals surface area (Å²) in [5, 5.41) is 3.81. The molecular formula is C22H25Cl2NO5S. The van der Waals surface area contributed by atoms with Crippen molar-refractivity contribution in [3.63, 3.8) is 0 Å². The lowest BCUT2D eigenvalue weighted by molar-refractivity contribution is -0.124. The van der Waals surface area contributed by atoms with Crippen LogP contribution in [-0.4, -0.2) is 39.2 Å². The van der Waals surface area contributed by atoms with Crippen molar-refractivity contribution in [1.82, 2.24) is 5.32 Å². The summed E-state index contributed by atoms with van der Waals surface area (Å²) in [7, 11) is -3.60. The van der Waals surface area contributed by atoms with Crippen LogP contribution in [0.15, 0.2) is 47.4 Å². The summed E-state index contributed by atoms with van der Waals surface area (Å²) >= 11 is 12.2. The molecule has 0 saturated carbocycles. The van der Waals surface area contributed by atoms with Crippen LogP contribution in [0.1, 0.15) is 48.5 Å². The van der Waals surface area contributed by atoms with Crippen molar-refractivity contribution in [2.75, 3.05) is 18.9 Å². The molecule has 2 aromatic rings. The zero-order valence-electron chi connectivity index (χ0n) is 17.4. The molecule has 9 heteroatoms. The van der Waals surface area contributed by atoms with Crippen molar-refractivity contribution >= 4 is 44.9 Å². The van der Waals surface area contributed by atoms with Crippen molar-refractivity contribution in [2.45, 2.75) is 37.5 Å². The van der Waals surface area contributed by atoms with Gasteiger partial charge in [0.15, 0.2) is 16.4 Å². The second-order valence-electron chi connectivity index (χ2n) is 6.93. The van der Waals surface area contributed by atoms with E-state index in [0.717, 1.165) is 18.4 Å². The maximum absolute atomic E-state index is 12.4. The monoisotopic (exact) mass is 485 g/mol. The average Bonchev–Trinajstić information content (AvgIpc) is 2.75. The predicted molar refractivity (Wildman–Crippen MR) is 122 cm³/mol. The van der Waals surface area contributed by atoms with Crippen molar-refractivity contribution in [3.8, 4) is 0 Å². The standard InChI is InChI=1S/C22H25Cl2NO5S/c1-3-7-15(17-11-10-16(23)12-19(17)24)13-25-21(26)14-30-22(27)18-8-5-6-9-20(18)31(28,29)4-2/h5-6,8-12,15H,3-4,7,13-14H2,1-2H3,(H,25,26). The summed E-state index contributed by atoms with van der Waals surface area (Å²) in [6, 6.07) is 11.0. The molecule has 0 fully saturated rings. The van der Waals surface area contributed by atoms with E-state index in [2.05, 4.69) is 5.32 Å². The molecule has 168 valence electrons. The Morgan fingerprint density at radius 3 is 2.45 bits per heavy atom. The van der Waals surface area contributed by atoms with Gasteiger partial charge in [0.1, 0.15) is 0 Å². The van der Waals surface area contributed by atoms with Crippen LogP contribution in [0.25, 0.3) is 0 Å². The second kappa shape index (κ2) is 11.5. The molecular weight excluding hydrogens is 461 g/mol. The first kappa shape index (κ1) is 25.2. The van der Waals surface area contributed by atoms with Gasteiger partial charge in [-0.1, -0.05) is 61.7 Å². The topological polar surface area (TPSA) is 89.5 Å². The quantitative estimate of drug-likeness (QED) is 0.494. The molecule has 0 aromatic heterocycles. The molecule has 1 amide bonds. The van der Waals surface area contributed by atoms with Crippen molar-refractivity contribution < 1.29 is 22.7 Å². The van der Waals surface area contributed by atoms with Crippen LogP contribution in [0.2, 0.25) is 10.0 Å². The van der Waals surface area contributed by atoms with E-state index in [1.54, 1.807) is 12.1 Å². The lowest BCUT2D eigenvalue weighted by Gasteiger charge is -2.19. The first-order chi connectivity index (χ1) is 14.7. The van der Waals surface area contributed by atoms with Crippen LogP contribution in [0, 0.1) is 0 Å². The van der Waals surface area contributed by atoms with E-state index in [-0.39, 0.29) is 22.1 Å². The number of esters is 1. The number of amides is 1. The maximum Gasteiger partial charge on any atom is 0.339 e. The van der Waals surface area contributed by atoms with E-state index in [1.165, 1.54) is 31.2 Å². The largest absolute Gasteiger partial charge is 0.452 e. The first-order valence-electron chi connectivity index (χ1n) is 9.90. The smallest absolute Gasteiger partial charge is 0.339 e. The number of nitrogens with one attached hydrogen (secondary N) is 1. The number of hydrogen-bond acceptors (Lipinski definition) is 5. The van der Waals surface area contributed by atoms with Crippen molar-refractivity contribution in [2.24, 2.45) is 0 Å². The summed E-state index contributed by atoms with van der Waals surface area (Å²) in [6.07, 6.45) is 1.68. The van der Waals surface area contributed by atoms with Crippen LogP contribution in [0.4, 0.5) is 0 Å². The molecule has 1 atom stereocenters. The summed E-state index contributed by atoms with van der Waals surface area (Å²) in [6.45, 7) is 3.31. The van der Waals surface area contributed by atoms with Gasteiger partial charge in [-0.2, -0.15) is 0 Å². The minimum absolute atomic E-state index is 0.0233. The van der Waals surface area contributed by atoms with Gasteiger partial charge in [-0.05, 0) is 36.2 Å². The SMILES string of the molecule is CCCC(CNC(=O)COC(=O)c1ccccc1S(=O)(=O)CC)c1ccc(Cl)cc1Cl. The highest BCUT2D eigenvalue weighted by Crippen LogP contribution is 2.30. The minimum Gasteiger partial charge on any atom is -0.452 e. The molecule has 6 nitrogen and oxygen atoms in total. The number of ether oxygens (including phenoxy) is 1. The van der Waals surface area contributed by atoms with Crippen LogP contribution < -0.4 is 5.32 Å². The van der Waals surface area contributed by atoms with Crippen LogP contribution in [0.3, 0.4) is 0 Å². The third-order valence-electron chi connectivity index (χ3n) is 4.74.